The predicted molar refractivity (Wildman–Crippen MR) is 102 cm³/mol. The summed E-state index contributed by atoms with van der Waals surface area (Å²) in [7, 11) is 0. The molecule has 0 N–H and O–H groups in total. The molecule has 0 heterocycles. The fourth-order valence-corrected chi connectivity index (χ4v) is 7.68. The van der Waals surface area contributed by atoms with Crippen molar-refractivity contribution >= 4 is 23.9 Å². The van der Waals surface area contributed by atoms with E-state index >= 15 is 0 Å². The number of ether oxygens (including phenoxy) is 1. The number of halogens is 1. The molecule has 0 aromatic heterocycles. The van der Waals surface area contributed by atoms with Gasteiger partial charge in [0.25, 0.3) is 0 Å². The van der Waals surface area contributed by atoms with Crippen LogP contribution in [0.15, 0.2) is 10.6 Å². The zero-order valence-electron chi connectivity index (χ0n) is 16.2. The molecule has 0 spiro atoms. The first-order valence-corrected chi connectivity index (χ1v) is 10.7. The number of hydrogen-bond donors (Lipinski definition) is 0. The number of carbonyl (C=O) groups excluding carboxylic acids is 2. The van der Waals surface area contributed by atoms with Crippen LogP contribution in [0, 0.1) is 34.5 Å². The molecule has 1 unspecified atom stereocenters. The van der Waals surface area contributed by atoms with E-state index in [-0.39, 0.29) is 17.5 Å². The van der Waals surface area contributed by atoms with E-state index in [9.17, 15) is 9.59 Å². The fourth-order valence-electron chi connectivity index (χ4n) is 7.32. The van der Waals surface area contributed by atoms with Gasteiger partial charge in [-0.2, -0.15) is 0 Å². The second-order valence-corrected chi connectivity index (χ2v) is 10.2. The lowest BCUT2D eigenvalue weighted by molar-refractivity contribution is -0.158. The van der Waals surface area contributed by atoms with Crippen molar-refractivity contribution in [3.8, 4) is 0 Å². The summed E-state index contributed by atoms with van der Waals surface area (Å²) in [6.45, 7) is 6.30. The maximum atomic E-state index is 11.5. The summed E-state index contributed by atoms with van der Waals surface area (Å²) in [6, 6.07) is 0. The van der Waals surface area contributed by atoms with Crippen LogP contribution in [-0.2, 0) is 14.3 Å². The summed E-state index contributed by atoms with van der Waals surface area (Å²) < 4.78 is 5.55. The van der Waals surface area contributed by atoms with Crippen molar-refractivity contribution in [1.29, 1.82) is 0 Å². The summed E-state index contributed by atoms with van der Waals surface area (Å²) >= 11 is 6.66. The Balaban J connectivity index is 1.56. The molecule has 3 saturated carbocycles. The van der Waals surface area contributed by atoms with Gasteiger partial charge in [-0.1, -0.05) is 25.4 Å². The summed E-state index contributed by atoms with van der Waals surface area (Å²) in [5.41, 5.74) is 1.21. The minimum atomic E-state index is -0.145. The summed E-state index contributed by atoms with van der Waals surface area (Å²) in [6.07, 6.45) is 9.92. The van der Waals surface area contributed by atoms with E-state index in [0.717, 1.165) is 49.0 Å². The third-order valence-electron chi connectivity index (χ3n) is 8.71. The number of aldehydes is 1. The van der Waals surface area contributed by atoms with Gasteiger partial charge in [-0.05, 0) is 80.5 Å². The van der Waals surface area contributed by atoms with Crippen molar-refractivity contribution in [2.24, 2.45) is 34.5 Å². The Morgan fingerprint density at radius 1 is 1.15 bits per heavy atom. The van der Waals surface area contributed by atoms with Gasteiger partial charge in [0.2, 0.25) is 0 Å². The predicted octanol–water partition coefficient (Wildman–Crippen LogP) is 5.26. The number of fused-ring (bicyclic) bond motifs is 5. The van der Waals surface area contributed by atoms with E-state index in [2.05, 4.69) is 13.8 Å². The average molecular weight is 379 g/mol. The van der Waals surface area contributed by atoms with Crippen LogP contribution >= 0.6 is 11.6 Å². The zero-order valence-corrected chi connectivity index (χ0v) is 17.0. The highest BCUT2D eigenvalue weighted by Crippen LogP contribution is 2.67. The molecule has 26 heavy (non-hydrogen) atoms. The van der Waals surface area contributed by atoms with Crippen molar-refractivity contribution in [3.05, 3.63) is 10.6 Å². The summed E-state index contributed by atoms with van der Waals surface area (Å²) in [5, 5.41) is 0.849. The first-order valence-electron chi connectivity index (χ1n) is 10.3. The second kappa shape index (κ2) is 6.36. The first-order chi connectivity index (χ1) is 12.3. The molecule has 144 valence electrons. The van der Waals surface area contributed by atoms with Crippen LogP contribution in [0.25, 0.3) is 0 Å². The molecule has 3 fully saturated rings. The molecule has 0 aromatic carbocycles. The molecule has 0 aliphatic heterocycles. The van der Waals surface area contributed by atoms with E-state index in [1.807, 2.05) is 0 Å². The van der Waals surface area contributed by atoms with Crippen molar-refractivity contribution in [2.75, 3.05) is 0 Å². The van der Waals surface area contributed by atoms with Crippen LogP contribution in [0.2, 0.25) is 0 Å². The Hall–Kier alpha value is -0.830. The molecular formula is C22H31ClO3. The Bertz CT molecular complexity index is 656. The van der Waals surface area contributed by atoms with Gasteiger partial charge in [-0.25, -0.2) is 0 Å². The zero-order chi connectivity index (χ0) is 18.7. The lowest BCUT2D eigenvalue weighted by Gasteiger charge is -2.60. The summed E-state index contributed by atoms with van der Waals surface area (Å²) in [5.74, 6) is 2.42. The Kier molecular flexibility index (Phi) is 4.53. The third kappa shape index (κ3) is 2.60. The van der Waals surface area contributed by atoms with Crippen molar-refractivity contribution < 1.29 is 14.3 Å². The monoisotopic (exact) mass is 378 g/mol. The quantitative estimate of drug-likeness (QED) is 0.486. The van der Waals surface area contributed by atoms with E-state index in [4.69, 9.17) is 16.3 Å². The van der Waals surface area contributed by atoms with Gasteiger partial charge >= 0.3 is 5.97 Å². The lowest BCUT2D eigenvalue weighted by atomic mass is 9.45. The van der Waals surface area contributed by atoms with Crippen molar-refractivity contribution in [2.45, 2.75) is 78.2 Å². The maximum Gasteiger partial charge on any atom is 0.302 e. The first kappa shape index (κ1) is 18.5. The Morgan fingerprint density at radius 2 is 1.92 bits per heavy atom. The largest absolute Gasteiger partial charge is 0.463 e. The van der Waals surface area contributed by atoms with Gasteiger partial charge in [0.1, 0.15) is 12.4 Å². The van der Waals surface area contributed by atoms with E-state index < -0.39 is 0 Å². The molecule has 0 bridgehead atoms. The molecule has 0 saturated heterocycles. The highest BCUT2D eigenvalue weighted by Gasteiger charge is 2.59. The maximum absolute atomic E-state index is 11.5. The van der Waals surface area contributed by atoms with Crippen LogP contribution in [-0.4, -0.2) is 18.4 Å². The normalized spacial score (nSPS) is 47.6. The molecule has 0 radical (unpaired) electrons. The van der Waals surface area contributed by atoms with Gasteiger partial charge in [0.15, 0.2) is 0 Å². The fraction of sp³-hybridized carbons (Fsp3) is 0.818. The van der Waals surface area contributed by atoms with Gasteiger partial charge < -0.3 is 4.74 Å². The molecule has 4 heteroatoms. The van der Waals surface area contributed by atoms with Crippen LogP contribution in [0.4, 0.5) is 0 Å². The van der Waals surface area contributed by atoms with Gasteiger partial charge in [-0.3, -0.25) is 9.59 Å². The second-order valence-electron chi connectivity index (χ2n) is 9.78. The highest BCUT2D eigenvalue weighted by molar-refractivity contribution is 6.32. The van der Waals surface area contributed by atoms with E-state index in [0.29, 0.717) is 29.1 Å². The van der Waals surface area contributed by atoms with E-state index in [1.54, 1.807) is 0 Å². The van der Waals surface area contributed by atoms with E-state index in [1.165, 1.54) is 26.2 Å². The molecular weight excluding hydrogens is 348 g/mol. The molecule has 4 aliphatic carbocycles. The van der Waals surface area contributed by atoms with Crippen molar-refractivity contribution in [3.63, 3.8) is 0 Å². The number of hydrogen-bond acceptors (Lipinski definition) is 3. The van der Waals surface area contributed by atoms with Gasteiger partial charge in [0.05, 0.1) is 0 Å². The number of esters is 1. The SMILES string of the molecule is CC(=O)O[C@H]1CC[C@@]2(C)[C@@H](CC[C@H]3C4CC(C=O)=C(Cl)[C@@]4(C)CC[C@@H]32)C1. The Labute approximate surface area is 161 Å². The highest BCUT2D eigenvalue weighted by atomic mass is 35.5. The van der Waals surface area contributed by atoms with Crippen molar-refractivity contribution in [1.82, 2.24) is 0 Å². The minimum absolute atomic E-state index is 0.0110. The number of carbonyl (C=O) groups is 2. The molecule has 0 amide bonds. The average Bonchev–Trinajstić information content (AvgIpc) is 2.86. The summed E-state index contributed by atoms with van der Waals surface area (Å²) in [4.78, 5) is 22.9. The Morgan fingerprint density at radius 3 is 2.62 bits per heavy atom. The number of allylic oxidation sites excluding steroid dienone is 2. The van der Waals surface area contributed by atoms with Crippen LogP contribution in [0.5, 0.6) is 0 Å². The molecule has 0 aromatic rings. The smallest absolute Gasteiger partial charge is 0.302 e. The topological polar surface area (TPSA) is 43.4 Å². The minimum Gasteiger partial charge on any atom is -0.463 e. The molecule has 3 nitrogen and oxygen atoms in total. The van der Waals surface area contributed by atoms with Crippen LogP contribution < -0.4 is 0 Å². The molecule has 4 aliphatic rings. The molecule has 4 rings (SSSR count). The lowest BCUT2D eigenvalue weighted by Crippen LogP contribution is -2.53. The van der Waals surface area contributed by atoms with Gasteiger partial charge in [0, 0.05) is 22.9 Å². The number of rotatable bonds is 2. The molecule has 7 atom stereocenters. The standard InChI is InChI=1S/C22H31ClO3/c1-13(25)26-16-6-8-21(2)15(11-16)4-5-17-18(21)7-9-22(3)19(17)10-14(12-24)20(22)23/h12,15-19H,4-11H2,1-3H3/t15-,16-,17+,18-,19?,21-,22-/m0/s1. The van der Waals surface area contributed by atoms with Crippen LogP contribution in [0.1, 0.15) is 72.1 Å². The third-order valence-corrected chi connectivity index (χ3v) is 9.38. The van der Waals surface area contributed by atoms with Gasteiger partial charge in [-0.15, -0.1) is 0 Å². The van der Waals surface area contributed by atoms with Crippen LogP contribution in [0.3, 0.4) is 0 Å².